The summed E-state index contributed by atoms with van der Waals surface area (Å²) in [5.41, 5.74) is 2.47. The van der Waals surface area contributed by atoms with Crippen LogP contribution >= 0.6 is 22.7 Å². The number of aryl methyl sites for hydroxylation is 1. The molecule has 0 radical (unpaired) electrons. The predicted molar refractivity (Wildman–Crippen MR) is 78.0 cm³/mol. The van der Waals surface area contributed by atoms with E-state index in [0.29, 0.717) is 11.4 Å². The monoisotopic (exact) mass is 317 g/mol. The number of sulfonamides is 1. The highest BCUT2D eigenvalue weighted by Gasteiger charge is 2.22. The highest BCUT2D eigenvalue weighted by molar-refractivity contribution is 7.89. The van der Waals surface area contributed by atoms with E-state index in [4.69, 9.17) is 0 Å². The summed E-state index contributed by atoms with van der Waals surface area (Å²) in [5, 5.41) is 4.86. The number of rotatable bonds is 6. The molecule has 0 saturated heterocycles. The summed E-state index contributed by atoms with van der Waals surface area (Å²) in [6.07, 6.45) is 1.67. The third-order valence-corrected chi connectivity index (χ3v) is 6.16. The Kier molecular flexibility index (Phi) is 4.69. The quantitative estimate of drug-likeness (QED) is 0.851. The molecule has 0 aliphatic carbocycles. The molecule has 0 fully saturated rings. The first-order chi connectivity index (χ1) is 9.04. The van der Waals surface area contributed by atoms with E-state index in [-0.39, 0.29) is 6.54 Å². The highest BCUT2D eigenvalue weighted by Crippen LogP contribution is 2.26. The number of hydrogen-bond acceptors (Lipinski definition) is 6. The maximum atomic E-state index is 12.4. The van der Waals surface area contributed by atoms with Gasteiger partial charge in [-0.3, -0.25) is 4.98 Å². The Morgan fingerprint density at radius 3 is 2.74 bits per heavy atom. The molecule has 5 nitrogen and oxygen atoms in total. The predicted octanol–water partition coefficient (Wildman–Crippen LogP) is 1.71. The molecule has 2 rings (SSSR count). The number of hydrogen-bond donors (Lipinski definition) is 2. The molecular weight excluding hydrogens is 302 g/mol. The molecule has 0 atom stereocenters. The van der Waals surface area contributed by atoms with Crippen molar-refractivity contribution in [1.82, 2.24) is 15.0 Å². The van der Waals surface area contributed by atoms with Crippen LogP contribution in [0, 0.1) is 6.92 Å². The summed E-state index contributed by atoms with van der Waals surface area (Å²) < 4.78 is 27.3. The van der Waals surface area contributed by atoms with Crippen LogP contribution in [0.5, 0.6) is 0 Å². The van der Waals surface area contributed by atoms with E-state index in [1.54, 1.807) is 18.8 Å². The fraction of sp³-hybridized carbons (Fsp3) is 0.364. The first kappa shape index (κ1) is 14.6. The lowest BCUT2D eigenvalue weighted by Crippen LogP contribution is -2.24. The minimum atomic E-state index is -3.48. The third kappa shape index (κ3) is 3.40. The second kappa shape index (κ2) is 6.10. The van der Waals surface area contributed by atoms with Gasteiger partial charge in [0.1, 0.15) is 4.90 Å². The van der Waals surface area contributed by atoms with Crippen LogP contribution in [0.2, 0.25) is 0 Å². The van der Waals surface area contributed by atoms with Crippen molar-refractivity contribution in [2.75, 3.05) is 7.05 Å². The van der Waals surface area contributed by atoms with Gasteiger partial charge >= 0.3 is 0 Å². The van der Waals surface area contributed by atoms with Crippen molar-refractivity contribution in [2.45, 2.75) is 24.9 Å². The Morgan fingerprint density at radius 2 is 2.11 bits per heavy atom. The van der Waals surface area contributed by atoms with E-state index in [1.165, 1.54) is 22.7 Å². The van der Waals surface area contributed by atoms with Gasteiger partial charge in [-0.25, -0.2) is 13.1 Å². The molecule has 0 unspecified atom stereocenters. The van der Waals surface area contributed by atoms with Crippen LogP contribution in [0.3, 0.4) is 0 Å². The Hall–Kier alpha value is -0.800. The average Bonchev–Trinajstić information content (AvgIpc) is 2.97. The summed E-state index contributed by atoms with van der Waals surface area (Å²) in [7, 11) is -1.68. The van der Waals surface area contributed by atoms with E-state index in [0.717, 1.165) is 15.3 Å². The topological polar surface area (TPSA) is 71.1 Å². The van der Waals surface area contributed by atoms with E-state index >= 15 is 0 Å². The Labute approximate surface area is 120 Å². The molecule has 0 bridgehead atoms. The number of thiophene rings is 1. The van der Waals surface area contributed by atoms with Gasteiger partial charge in [0.05, 0.1) is 5.51 Å². The molecule has 0 amide bonds. The second-order valence-electron chi connectivity index (χ2n) is 3.99. The van der Waals surface area contributed by atoms with Crippen LogP contribution in [-0.4, -0.2) is 20.4 Å². The number of nitrogens with zero attached hydrogens (tertiary/aromatic N) is 1. The maximum Gasteiger partial charge on any atom is 0.242 e. The molecule has 0 aromatic carbocycles. The van der Waals surface area contributed by atoms with Crippen LogP contribution in [0.25, 0.3) is 0 Å². The number of thiazole rings is 1. The minimum Gasteiger partial charge on any atom is -0.315 e. The molecule has 0 aliphatic heterocycles. The van der Waals surface area contributed by atoms with Gasteiger partial charge in [-0.2, -0.15) is 0 Å². The Bertz CT molecular complexity index is 632. The van der Waals surface area contributed by atoms with Crippen LogP contribution in [-0.2, 0) is 23.1 Å². The molecule has 2 aromatic rings. The normalized spacial score (nSPS) is 11.9. The lowest BCUT2D eigenvalue weighted by atomic mass is 10.3. The summed E-state index contributed by atoms with van der Waals surface area (Å²) in [6, 6.07) is 0. The summed E-state index contributed by atoms with van der Waals surface area (Å²) in [5.74, 6) is 0. The molecule has 8 heteroatoms. The SMILES string of the molecule is CNCc1scc(C)c1S(=O)(=O)NCc1cncs1. The first-order valence-corrected chi connectivity index (χ1v) is 8.87. The van der Waals surface area contributed by atoms with Crippen LogP contribution < -0.4 is 10.0 Å². The van der Waals surface area contributed by atoms with Crippen molar-refractivity contribution in [1.29, 1.82) is 0 Å². The van der Waals surface area contributed by atoms with E-state index in [2.05, 4.69) is 15.0 Å². The van der Waals surface area contributed by atoms with Gasteiger partial charge in [-0.05, 0) is 24.9 Å². The fourth-order valence-electron chi connectivity index (χ4n) is 1.70. The van der Waals surface area contributed by atoms with Crippen molar-refractivity contribution < 1.29 is 8.42 Å². The molecule has 0 aliphatic rings. The van der Waals surface area contributed by atoms with Gasteiger partial charge in [0.15, 0.2) is 0 Å². The fourth-order valence-corrected chi connectivity index (χ4v) is 5.15. The van der Waals surface area contributed by atoms with Crippen molar-refractivity contribution in [3.05, 3.63) is 32.4 Å². The summed E-state index contributed by atoms with van der Waals surface area (Å²) in [6.45, 7) is 2.65. The number of aromatic nitrogens is 1. The smallest absolute Gasteiger partial charge is 0.242 e. The highest BCUT2D eigenvalue weighted by atomic mass is 32.2. The zero-order chi connectivity index (χ0) is 13.9. The van der Waals surface area contributed by atoms with Gasteiger partial charge in [-0.1, -0.05) is 0 Å². The summed E-state index contributed by atoms with van der Waals surface area (Å²) in [4.78, 5) is 6.05. The van der Waals surface area contributed by atoms with Gasteiger partial charge in [0.25, 0.3) is 0 Å². The van der Waals surface area contributed by atoms with Crippen molar-refractivity contribution >= 4 is 32.7 Å². The van der Waals surface area contributed by atoms with Crippen LogP contribution in [0.4, 0.5) is 0 Å². The van der Waals surface area contributed by atoms with Crippen molar-refractivity contribution in [3.8, 4) is 0 Å². The summed E-state index contributed by atoms with van der Waals surface area (Å²) >= 11 is 2.89. The zero-order valence-electron chi connectivity index (χ0n) is 10.6. The van der Waals surface area contributed by atoms with E-state index in [9.17, 15) is 8.42 Å². The zero-order valence-corrected chi connectivity index (χ0v) is 13.1. The number of nitrogens with one attached hydrogen (secondary N) is 2. The van der Waals surface area contributed by atoms with Gasteiger partial charge in [0.2, 0.25) is 10.0 Å². The molecule has 0 spiro atoms. The molecule has 104 valence electrons. The molecule has 2 N–H and O–H groups in total. The first-order valence-electron chi connectivity index (χ1n) is 5.63. The van der Waals surface area contributed by atoms with Crippen LogP contribution in [0.15, 0.2) is 22.0 Å². The van der Waals surface area contributed by atoms with Crippen LogP contribution in [0.1, 0.15) is 15.3 Å². The Morgan fingerprint density at radius 1 is 1.32 bits per heavy atom. The Balaban J connectivity index is 2.21. The van der Waals surface area contributed by atoms with E-state index in [1.807, 2.05) is 12.3 Å². The van der Waals surface area contributed by atoms with Gasteiger partial charge in [0, 0.05) is 29.0 Å². The van der Waals surface area contributed by atoms with E-state index < -0.39 is 10.0 Å². The lowest BCUT2D eigenvalue weighted by molar-refractivity contribution is 0.580. The minimum absolute atomic E-state index is 0.279. The molecule has 2 aromatic heterocycles. The lowest BCUT2D eigenvalue weighted by Gasteiger charge is -2.08. The molecule has 0 saturated carbocycles. The van der Waals surface area contributed by atoms with Crippen molar-refractivity contribution in [3.63, 3.8) is 0 Å². The largest absolute Gasteiger partial charge is 0.315 e. The molecular formula is C11H15N3O2S3. The standard InChI is InChI=1S/C11H15N3O2S3/c1-8-6-17-10(5-12-2)11(8)19(15,16)14-4-9-3-13-7-18-9/h3,6-7,12,14H,4-5H2,1-2H3. The molecule has 2 heterocycles. The maximum absolute atomic E-state index is 12.4. The van der Waals surface area contributed by atoms with Gasteiger partial charge < -0.3 is 5.32 Å². The van der Waals surface area contributed by atoms with Crippen molar-refractivity contribution in [2.24, 2.45) is 0 Å². The molecule has 19 heavy (non-hydrogen) atoms. The average molecular weight is 317 g/mol. The second-order valence-corrected chi connectivity index (χ2v) is 7.63. The van der Waals surface area contributed by atoms with Gasteiger partial charge in [-0.15, -0.1) is 22.7 Å². The third-order valence-electron chi connectivity index (χ3n) is 2.52.